The molecule has 0 amide bonds. The second-order valence-electron chi connectivity index (χ2n) is 4.21. The van der Waals surface area contributed by atoms with Gasteiger partial charge in [0.2, 0.25) is 0 Å². The Morgan fingerprint density at radius 1 is 1.00 bits per heavy atom. The highest BCUT2D eigenvalue weighted by Gasteiger charge is 2.22. The Morgan fingerprint density at radius 3 is 2.08 bits per heavy atom. The third kappa shape index (κ3) is 4.66. The maximum absolute atomic E-state index is 6.08. The minimum atomic E-state index is 0.484. The third-order valence-corrected chi connectivity index (χ3v) is 2.98. The van der Waals surface area contributed by atoms with E-state index >= 15 is 0 Å². The molecule has 0 aliphatic heterocycles. The molecular formula is C12H27N. The highest BCUT2D eigenvalue weighted by Crippen LogP contribution is 2.27. The Kier molecular flexibility index (Phi) is 7.35. The summed E-state index contributed by atoms with van der Waals surface area (Å²) in [5, 5.41) is 0. The first-order chi connectivity index (χ1) is 6.22. The lowest BCUT2D eigenvalue weighted by molar-refractivity contribution is 0.301. The predicted molar refractivity (Wildman–Crippen MR) is 60.7 cm³/mol. The molecule has 1 nitrogen and oxygen atoms in total. The van der Waals surface area contributed by atoms with Crippen LogP contribution in [-0.4, -0.2) is 6.04 Å². The fraction of sp³-hybridized carbons (Fsp3) is 1.00. The molecule has 13 heavy (non-hydrogen) atoms. The summed E-state index contributed by atoms with van der Waals surface area (Å²) >= 11 is 0. The van der Waals surface area contributed by atoms with Gasteiger partial charge in [-0.1, -0.05) is 47.0 Å². The van der Waals surface area contributed by atoms with Crippen molar-refractivity contribution < 1.29 is 0 Å². The largest absolute Gasteiger partial charge is 0.327 e. The lowest BCUT2D eigenvalue weighted by Gasteiger charge is -2.24. The lowest BCUT2D eigenvalue weighted by Crippen LogP contribution is -2.32. The molecule has 0 saturated heterocycles. The number of hydrogen-bond acceptors (Lipinski definition) is 1. The molecule has 1 rings (SSSR count). The van der Waals surface area contributed by atoms with Crippen LogP contribution in [0.1, 0.15) is 59.8 Å². The molecule has 0 radical (unpaired) electrons. The van der Waals surface area contributed by atoms with Crippen LogP contribution in [0.15, 0.2) is 0 Å². The number of rotatable bonds is 1. The minimum absolute atomic E-state index is 0.484. The van der Waals surface area contributed by atoms with Gasteiger partial charge in [0.15, 0.2) is 0 Å². The average molecular weight is 185 g/mol. The third-order valence-electron chi connectivity index (χ3n) is 2.98. The van der Waals surface area contributed by atoms with Crippen molar-refractivity contribution in [2.45, 2.75) is 65.8 Å². The highest BCUT2D eigenvalue weighted by atomic mass is 14.7. The van der Waals surface area contributed by atoms with E-state index < -0.39 is 0 Å². The predicted octanol–water partition coefficient (Wildman–Crippen LogP) is 3.58. The zero-order chi connectivity index (χ0) is 10.3. The van der Waals surface area contributed by atoms with Gasteiger partial charge in [-0.2, -0.15) is 0 Å². The van der Waals surface area contributed by atoms with Gasteiger partial charge in [-0.15, -0.1) is 0 Å². The zero-order valence-electron chi connectivity index (χ0n) is 9.84. The van der Waals surface area contributed by atoms with Crippen LogP contribution in [0, 0.1) is 11.8 Å². The molecule has 1 aliphatic rings. The van der Waals surface area contributed by atoms with E-state index in [2.05, 4.69) is 13.8 Å². The summed E-state index contributed by atoms with van der Waals surface area (Å²) in [4.78, 5) is 0. The van der Waals surface area contributed by atoms with E-state index in [1.807, 2.05) is 13.8 Å². The van der Waals surface area contributed by atoms with E-state index in [0.29, 0.717) is 6.04 Å². The Balaban J connectivity index is 0.000000671. The molecule has 2 unspecified atom stereocenters. The van der Waals surface area contributed by atoms with Crippen LogP contribution in [0.25, 0.3) is 0 Å². The van der Waals surface area contributed by atoms with Crippen LogP contribution in [0.3, 0.4) is 0 Å². The Hall–Kier alpha value is -0.0400. The van der Waals surface area contributed by atoms with Gasteiger partial charge in [-0.3, -0.25) is 0 Å². The highest BCUT2D eigenvalue weighted by molar-refractivity contribution is 4.78. The quantitative estimate of drug-likeness (QED) is 0.621. The van der Waals surface area contributed by atoms with E-state index in [1.54, 1.807) is 0 Å². The summed E-state index contributed by atoms with van der Waals surface area (Å²) in [5.41, 5.74) is 6.08. The van der Waals surface area contributed by atoms with Crippen LogP contribution in [0.5, 0.6) is 0 Å². The fourth-order valence-corrected chi connectivity index (χ4v) is 2.19. The molecule has 1 fully saturated rings. The Labute approximate surface area is 84.1 Å². The van der Waals surface area contributed by atoms with Gasteiger partial charge in [-0.05, 0) is 24.7 Å². The molecular weight excluding hydrogens is 158 g/mol. The summed E-state index contributed by atoms with van der Waals surface area (Å²) < 4.78 is 0. The lowest BCUT2D eigenvalue weighted by atomic mass is 9.85. The standard InChI is InChI=1S/C10H21N.C2H6/c1-8(2)9-6-4-3-5-7-10(9)11;1-2/h8-10H,3-7,11H2,1-2H3;1-2H3. The number of nitrogens with two attached hydrogens (primary N) is 1. The molecule has 0 spiro atoms. The maximum atomic E-state index is 6.08. The monoisotopic (exact) mass is 185 g/mol. The summed E-state index contributed by atoms with van der Waals surface area (Å²) in [5.74, 6) is 1.57. The van der Waals surface area contributed by atoms with Crippen molar-refractivity contribution in [2.24, 2.45) is 17.6 Å². The van der Waals surface area contributed by atoms with Gasteiger partial charge < -0.3 is 5.73 Å². The normalized spacial score (nSPS) is 29.1. The van der Waals surface area contributed by atoms with Crippen molar-refractivity contribution in [1.29, 1.82) is 0 Å². The molecule has 1 saturated carbocycles. The van der Waals surface area contributed by atoms with E-state index in [4.69, 9.17) is 5.73 Å². The number of hydrogen-bond donors (Lipinski definition) is 1. The second kappa shape index (κ2) is 7.37. The molecule has 0 aromatic heterocycles. The van der Waals surface area contributed by atoms with Crippen molar-refractivity contribution in [3.05, 3.63) is 0 Å². The SMILES string of the molecule is CC.CC(C)C1CCCCCC1N. The van der Waals surface area contributed by atoms with Gasteiger partial charge in [0.25, 0.3) is 0 Å². The smallest absolute Gasteiger partial charge is 0.00696 e. The molecule has 2 atom stereocenters. The van der Waals surface area contributed by atoms with Crippen molar-refractivity contribution in [1.82, 2.24) is 0 Å². The van der Waals surface area contributed by atoms with E-state index in [9.17, 15) is 0 Å². The van der Waals surface area contributed by atoms with Gasteiger partial charge in [-0.25, -0.2) is 0 Å². The first kappa shape index (κ1) is 13.0. The summed E-state index contributed by atoms with van der Waals surface area (Å²) in [7, 11) is 0. The van der Waals surface area contributed by atoms with Crippen LogP contribution >= 0.6 is 0 Å². The van der Waals surface area contributed by atoms with E-state index in [0.717, 1.165) is 11.8 Å². The summed E-state index contributed by atoms with van der Waals surface area (Å²) in [6.07, 6.45) is 6.76. The van der Waals surface area contributed by atoms with Crippen LogP contribution in [0.2, 0.25) is 0 Å². The first-order valence-corrected chi connectivity index (χ1v) is 5.97. The summed E-state index contributed by atoms with van der Waals surface area (Å²) in [6.45, 7) is 8.60. The minimum Gasteiger partial charge on any atom is -0.327 e. The van der Waals surface area contributed by atoms with Crippen LogP contribution in [0.4, 0.5) is 0 Å². The summed E-state index contributed by atoms with van der Waals surface area (Å²) in [6, 6.07) is 0.484. The van der Waals surface area contributed by atoms with Gasteiger partial charge >= 0.3 is 0 Å². The molecule has 0 aromatic carbocycles. The van der Waals surface area contributed by atoms with Gasteiger partial charge in [0.1, 0.15) is 0 Å². The van der Waals surface area contributed by atoms with Crippen molar-refractivity contribution in [3.8, 4) is 0 Å². The van der Waals surface area contributed by atoms with E-state index in [-0.39, 0.29) is 0 Å². The van der Waals surface area contributed by atoms with Crippen molar-refractivity contribution >= 4 is 0 Å². The molecule has 80 valence electrons. The van der Waals surface area contributed by atoms with Crippen molar-refractivity contribution in [3.63, 3.8) is 0 Å². The van der Waals surface area contributed by atoms with Crippen LogP contribution < -0.4 is 5.73 Å². The molecule has 0 heterocycles. The van der Waals surface area contributed by atoms with Gasteiger partial charge in [0, 0.05) is 6.04 Å². The molecule has 0 bridgehead atoms. The van der Waals surface area contributed by atoms with E-state index in [1.165, 1.54) is 32.1 Å². The second-order valence-corrected chi connectivity index (χ2v) is 4.21. The Bertz CT molecular complexity index is 110. The molecule has 2 N–H and O–H groups in total. The molecule has 1 aliphatic carbocycles. The van der Waals surface area contributed by atoms with Gasteiger partial charge in [0.05, 0.1) is 0 Å². The molecule has 1 heteroatoms. The average Bonchev–Trinajstić information content (AvgIpc) is 2.33. The Morgan fingerprint density at radius 2 is 1.54 bits per heavy atom. The van der Waals surface area contributed by atoms with Crippen molar-refractivity contribution in [2.75, 3.05) is 0 Å². The first-order valence-electron chi connectivity index (χ1n) is 5.97. The molecule has 0 aromatic rings. The topological polar surface area (TPSA) is 26.0 Å². The fourth-order valence-electron chi connectivity index (χ4n) is 2.19. The zero-order valence-corrected chi connectivity index (χ0v) is 9.84. The maximum Gasteiger partial charge on any atom is 0.00696 e. The van der Waals surface area contributed by atoms with Crippen LogP contribution in [-0.2, 0) is 0 Å².